The van der Waals surface area contributed by atoms with Crippen molar-refractivity contribution >= 4 is 72.0 Å². The lowest BCUT2D eigenvalue weighted by Crippen LogP contribution is -2.44. The predicted molar refractivity (Wildman–Crippen MR) is 141 cm³/mol. The van der Waals surface area contributed by atoms with Gasteiger partial charge in [0.15, 0.2) is 5.82 Å². The zero-order valence-electron chi connectivity index (χ0n) is 18.0. The van der Waals surface area contributed by atoms with Crippen molar-refractivity contribution in [1.29, 1.82) is 0 Å². The second-order valence-electron chi connectivity index (χ2n) is 8.12. The number of benzene rings is 3. The molecule has 0 saturated carbocycles. The summed E-state index contributed by atoms with van der Waals surface area (Å²) in [5.41, 5.74) is 1.74. The number of carbonyl (C=O) groups is 1. The fourth-order valence-electron chi connectivity index (χ4n) is 4.36. The Kier molecular flexibility index (Phi) is 6.46. The van der Waals surface area contributed by atoms with Gasteiger partial charge in [0.25, 0.3) is 0 Å². The maximum absolute atomic E-state index is 15.8. The second kappa shape index (κ2) is 9.52. The minimum absolute atomic E-state index is 0.0489. The zero-order valence-corrected chi connectivity index (χ0v) is 21.1. The van der Waals surface area contributed by atoms with Crippen LogP contribution in [0.15, 0.2) is 54.2 Å². The smallest absolute Gasteiger partial charge is 0.159 e. The monoisotopic (exact) mass is 559 g/mol. The minimum atomic E-state index is -0.490. The molecule has 1 aliphatic heterocycles. The highest BCUT2D eigenvalue weighted by Crippen LogP contribution is 2.43. The Morgan fingerprint density at radius 2 is 1.94 bits per heavy atom. The number of piperazine rings is 1. The minimum Gasteiger partial charge on any atom is -0.508 e. The molecule has 0 amide bonds. The third-order valence-corrected chi connectivity index (χ3v) is 7.89. The molecule has 4 aromatic rings. The molecule has 5 rings (SSSR count). The van der Waals surface area contributed by atoms with Crippen LogP contribution < -0.4 is 4.90 Å². The molecule has 34 heavy (non-hydrogen) atoms. The van der Waals surface area contributed by atoms with Crippen LogP contribution in [-0.2, 0) is 4.79 Å². The van der Waals surface area contributed by atoms with Crippen LogP contribution in [-0.4, -0.2) is 52.2 Å². The molecule has 1 aliphatic rings. The number of allylic oxidation sites excluding steroid dienone is 1. The number of aromatic nitrogens is 1. The average molecular weight is 561 g/mol. The van der Waals surface area contributed by atoms with Crippen LogP contribution in [0.3, 0.4) is 0 Å². The number of halogens is 3. The summed E-state index contributed by atoms with van der Waals surface area (Å²) in [5.74, 6) is -0.442. The van der Waals surface area contributed by atoms with Gasteiger partial charge >= 0.3 is 0 Å². The number of phenolic OH excluding ortho intramolecular Hbond substituents is 1. The number of nitrogens with zero attached hydrogens (tertiary/aromatic N) is 3. The van der Waals surface area contributed by atoms with Gasteiger partial charge in [-0.3, -0.25) is 4.79 Å². The molecule has 1 aromatic heterocycles. The molecule has 0 unspecified atom stereocenters. The lowest BCUT2D eigenvalue weighted by molar-refractivity contribution is -0.104. The molecule has 5 nitrogen and oxygen atoms in total. The highest BCUT2D eigenvalue weighted by Gasteiger charge is 2.24. The summed E-state index contributed by atoms with van der Waals surface area (Å²) in [6, 6.07) is 12.5. The molecule has 9 heteroatoms. The molecule has 174 valence electrons. The number of hydrogen-bond donors (Lipinski definition) is 1. The topological polar surface area (TPSA) is 56.7 Å². The third-order valence-electron chi connectivity index (χ3n) is 6.02. The molecule has 0 spiro atoms. The van der Waals surface area contributed by atoms with Crippen molar-refractivity contribution in [2.24, 2.45) is 0 Å². The Morgan fingerprint density at radius 1 is 1.18 bits per heavy atom. The molecule has 1 fully saturated rings. The molecule has 0 atom stereocenters. The summed E-state index contributed by atoms with van der Waals surface area (Å²) < 4.78 is 20.3. The summed E-state index contributed by atoms with van der Waals surface area (Å²) in [6.45, 7) is 2.93. The quantitative estimate of drug-likeness (QED) is 0.179. The van der Waals surface area contributed by atoms with Gasteiger partial charge in [0, 0.05) is 54.2 Å². The molecule has 0 radical (unpaired) electrons. The van der Waals surface area contributed by atoms with E-state index in [-0.39, 0.29) is 21.9 Å². The molecular weight excluding hydrogens is 541 g/mol. The number of aromatic hydroxyl groups is 1. The van der Waals surface area contributed by atoms with Crippen LogP contribution in [0.25, 0.3) is 32.8 Å². The number of anilines is 1. The number of carbonyl (C=O) groups excluding carboxylic acids is 1. The van der Waals surface area contributed by atoms with Crippen molar-refractivity contribution in [3.8, 4) is 16.9 Å². The number of rotatable bonds is 5. The zero-order chi connectivity index (χ0) is 23.8. The molecular formula is C25H20BrClFN3O2S. The molecule has 1 saturated heterocycles. The standard InChI is InChI=1S/C25H20BrClFN3O2S/c26-12-15(14-32)13-30-5-7-31(8-6-30)25-20-11-21(27)22(23(28)24(20)29-34-25)19-10-17(33)9-16-3-1-2-4-18(16)19/h1-4,9-11,13-14,33H,5-8,12H2. The number of phenols is 1. The Bertz CT molecular complexity index is 1430. The van der Waals surface area contributed by atoms with Crippen LogP contribution in [0.1, 0.15) is 0 Å². The SMILES string of the molecule is O=CC(=CN1CCN(c2snc3c(F)c(-c4cc(O)cc5ccccc45)c(Cl)cc23)CC1)CBr. The van der Waals surface area contributed by atoms with E-state index < -0.39 is 5.82 Å². The van der Waals surface area contributed by atoms with Gasteiger partial charge < -0.3 is 14.9 Å². The van der Waals surface area contributed by atoms with Crippen molar-refractivity contribution in [2.75, 3.05) is 36.4 Å². The van der Waals surface area contributed by atoms with Crippen LogP contribution >= 0.6 is 39.1 Å². The summed E-state index contributed by atoms with van der Waals surface area (Å²) in [7, 11) is 0. The summed E-state index contributed by atoms with van der Waals surface area (Å²) in [4.78, 5) is 15.4. The van der Waals surface area contributed by atoms with Crippen molar-refractivity contribution < 1.29 is 14.3 Å². The summed E-state index contributed by atoms with van der Waals surface area (Å²) >= 11 is 11.2. The maximum Gasteiger partial charge on any atom is 0.159 e. The molecule has 1 N–H and O–H groups in total. The van der Waals surface area contributed by atoms with Gasteiger partial charge in [0.1, 0.15) is 22.6 Å². The second-order valence-corrected chi connectivity index (χ2v) is 9.84. The van der Waals surface area contributed by atoms with E-state index >= 15 is 4.39 Å². The van der Waals surface area contributed by atoms with Gasteiger partial charge in [0.2, 0.25) is 0 Å². The Labute approximate surface area is 213 Å². The number of aldehydes is 1. The fourth-order valence-corrected chi connectivity index (χ4v) is 5.84. The highest BCUT2D eigenvalue weighted by molar-refractivity contribution is 9.09. The lowest BCUT2D eigenvalue weighted by Gasteiger charge is -2.35. The summed E-state index contributed by atoms with van der Waals surface area (Å²) in [6.07, 6.45) is 2.74. The van der Waals surface area contributed by atoms with E-state index in [1.165, 1.54) is 11.5 Å². The van der Waals surface area contributed by atoms with Crippen molar-refractivity contribution in [3.63, 3.8) is 0 Å². The molecule has 2 heterocycles. The van der Waals surface area contributed by atoms with Crippen molar-refractivity contribution in [2.45, 2.75) is 0 Å². The number of hydrogen-bond acceptors (Lipinski definition) is 6. The molecule has 3 aromatic carbocycles. The molecule has 0 bridgehead atoms. The van der Waals surface area contributed by atoms with E-state index in [0.29, 0.717) is 21.9 Å². The van der Waals surface area contributed by atoms with Crippen LogP contribution in [0.5, 0.6) is 5.75 Å². The van der Waals surface area contributed by atoms with E-state index in [1.807, 2.05) is 30.5 Å². The summed E-state index contributed by atoms with van der Waals surface area (Å²) in [5, 5.41) is 14.2. The number of fused-ring (bicyclic) bond motifs is 2. The first kappa shape index (κ1) is 23.1. The van der Waals surface area contributed by atoms with Crippen LogP contribution in [0, 0.1) is 5.82 Å². The predicted octanol–water partition coefficient (Wildman–Crippen LogP) is 6.21. The Balaban J connectivity index is 1.52. The maximum atomic E-state index is 15.8. The first-order chi connectivity index (χ1) is 16.5. The van der Waals surface area contributed by atoms with E-state index in [2.05, 4.69) is 30.1 Å². The van der Waals surface area contributed by atoms with Gasteiger partial charge in [-0.15, -0.1) is 0 Å². The van der Waals surface area contributed by atoms with Crippen molar-refractivity contribution in [1.82, 2.24) is 9.27 Å². The van der Waals surface area contributed by atoms with Crippen LogP contribution in [0.2, 0.25) is 5.02 Å². The lowest BCUT2D eigenvalue weighted by atomic mass is 9.96. The first-order valence-corrected chi connectivity index (χ1v) is 13.0. The number of alkyl halides is 1. The highest BCUT2D eigenvalue weighted by atomic mass is 79.9. The van der Waals surface area contributed by atoms with Gasteiger partial charge in [-0.1, -0.05) is 51.8 Å². The van der Waals surface area contributed by atoms with Crippen LogP contribution in [0.4, 0.5) is 9.39 Å². The van der Waals surface area contributed by atoms with E-state index in [4.69, 9.17) is 11.6 Å². The van der Waals surface area contributed by atoms with Gasteiger partial charge in [-0.25, -0.2) is 4.39 Å². The third kappa shape index (κ3) is 4.15. The van der Waals surface area contributed by atoms with E-state index in [1.54, 1.807) is 18.2 Å². The Morgan fingerprint density at radius 3 is 2.68 bits per heavy atom. The van der Waals surface area contributed by atoms with Gasteiger partial charge in [-0.05, 0) is 46.1 Å². The van der Waals surface area contributed by atoms with Gasteiger partial charge in [-0.2, -0.15) is 4.37 Å². The largest absolute Gasteiger partial charge is 0.508 e. The normalized spacial score (nSPS) is 14.9. The molecule has 0 aliphatic carbocycles. The first-order valence-electron chi connectivity index (χ1n) is 10.7. The van der Waals surface area contributed by atoms with Gasteiger partial charge in [0.05, 0.1) is 5.02 Å². The Hall–Kier alpha value is -2.68. The van der Waals surface area contributed by atoms with E-state index in [0.717, 1.165) is 48.2 Å². The van der Waals surface area contributed by atoms with Crippen molar-refractivity contribution in [3.05, 3.63) is 65.1 Å². The average Bonchev–Trinajstić information content (AvgIpc) is 3.26. The fraction of sp³-hybridized carbons (Fsp3) is 0.200. The van der Waals surface area contributed by atoms with E-state index in [9.17, 15) is 9.90 Å².